The van der Waals surface area contributed by atoms with E-state index in [9.17, 15) is 13.2 Å². The van der Waals surface area contributed by atoms with Crippen LogP contribution in [0.2, 0.25) is 0 Å². The first kappa shape index (κ1) is 14.4. The molecule has 1 atom stereocenters. The van der Waals surface area contributed by atoms with Gasteiger partial charge in [-0.15, -0.1) is 0 Å². The highest BCUT2D eigenvalue weighted by Gasteiger charge is 2.21. The Bertz CT molecular complexity index is 616. The fourth-order valence-electron chi connectivity index (χ4n) is 2.09. The molecule has 0 radical (unpaired) electrons. The molecular weight excluding hydrogens is 267 g/mol. The summed E-state index contributed by atoms with van der Waals surface area (Å²) in [4.78, 5) is 0. The molecule has 0 saturated carbocycles. The Balaban J connectivity index is 2.49. The van der Waals surface area contributed by atoms with Crippen molar-refractivity contribution in [2.75, 3.05) is 14.2 Å². The predicted molar refractivity (Wildman–Crippen MR) is 70.2 cm³/mol. The zero-order valence-electron chi connectivity index (χ0n) is 11.1. The monoisotopic (exact) mass is 281 g/mol. The molecule has 0 fully saturated rings. The van der Waals surface area contributed by atoms with Crippen LogP contribution in [-0.4, -0.2) is 14.2 Å². The van der Waals surface area contributed by atoms with Crippen LogP contribution in [0.15, 0.2) is 36.4 Å². The van der Waals surface area contributed by atoms with E-state index in [1.54, 1.807) is 31.3 Å². The van der Waals surface area contributed by atoms with Crippen LogP contribution >= 0.6 is 0 Å². The minimum absolute atomic E-state index is 0.0413. The third kappa shape index (κ3) is 2.63. The second-order valence-electron chi connectivity index (χ2n) is 4.26. The summed E-state index contributed by atoms with van der Waals surface area (Å²) in [5.74, 6) is -3.25. The molecule has 0 spiro atoms. The van der Waals surface area contributed by atoms with Gasteiger partial charge in [-0.2, -0.15) is 0 Å². The molecule has 2 nitrogen and oxygen atoms in total. The quantitative estimate of drug-likeness (QED) is 0.867. The molecule has 2 aromatic carbocycles. The fourth-order valence-corrected chi connectivity index (χ4v) is 2.09. The number of halogens is 3. The van der Waals surface area contributed by atoms with Crippen LogP contribution < -0.4 is 10.1 Å². The normalized spacial score (nSPS) is 12.2. The van der Waals surface area contributed by atoms with Crippen molar-refractivity contribution >= 4 is 0 Å². The van der Waals surface area contributed by atoms with Crippen LogP contribution in [0.1, 0.15) is 17.2 Å². The Kier molecular flexibility index (Phi) is 4.29. The Morgan fingerprint density at radius 1 is 1.05 bits per heavy atom. The van der Waals surface area contributed by atoms with E-state index in [2.05, 4.69) is 5.32 Å². The maximum Gasteiger partial charge on any atom is 0.194 e. The standard InChI is InChI=1S/C15H14F3NO/c1-19-15(9-4-3-5-10(8-9)20-2)11-6-7-12(16)14(18)13(11)17/h3-8,15,19H,1-2H3. The molecule has 0 aliphatic carbocycles. The van der Waals surface area contributed by atoms with Crippen molar-refractivity contribution in [2.24, 2.45) is 0 Å². The lowest BCUT2D eigenvalue weighted by Crippen LogP contribution is -2.19. The van der Waals surface area contributed by atoms with Gasteiger partial charge in [0.25, 0.3) is 0 Å². The Hall–Kier alpha value is -2.01. The third-order valence-electron chi connectivity index (χ3n) is 3.09. The summed E-state index contributed by atoms with van der Waals surface area (Å²) in [5, 5.41) is 2.89. The van der Waals surface area contributed by atoms with Gasteiger partial charge < -0.3 is 10.1 Å². The number of rotatable bonds is 4. The molecule has 0 bridgehead atoms. The molecule has 106 valence electrons. The molecule has 20 heavy (non-hydrogen) atoms. The number of nitrogens with one attached hydrogen (secondary N) is 1. The van der Waals surface area contributed by atoms with Crippen LogP contribution in [-0.2, 0) is 0 Å². The average Bonchev–Trinajstić information content (AvgIpc) is 2.48. The van der Waals surface area contributed by atoms with E-state index in [1.165, 1.54) is 13.2 Å². The van der Waals surface area contributed by atoms with Gasteiger partial charge in [0, 0.05) is 5.56 Å². The molecule has 1 N–H and O–H groups in total. The molecule has 0 amide bonds. The lowest BCUT2D eigenvalue weighted by Gasteiger charge is -2.19. The number of hydrogen-bond donors (Lipinski definition) is 1. The summed E-state index contributed by atoms with van der Waals surface area (Å²) >= 11 is 0. The molecule has 0 aliphatic heterocycles. The highest BCUT2D eigenvalue weighted by molar-refractivity contribution is 5.37. The Morgan fingerprint density at radius 3 is 2.45 bits per heavy atom. The second kappa shape index (κ2) is 5.96. The number of ether oxygens (including phenoxy) is 1. The van der Waals surface area contributed by atoms with E-state index in [4.69, 9.17) is 4.74 Å². The highest BCUT2D eigenvalue weighted by atomic mass is 19.2. The van der Waals surface area contributed by atoms with E-state index < -0.39 is 23.5 Å². The molecule has 0 heterocycles. The van der Waals surface area contributed by atoms with Crippen molar-refractivity contribution in [1.29, 1.82) is 0 Å². The predicted octanol–water partition coefficient (Wildman–Crippen LogP) is 3.42. The van der Waals surface area contributed by atoms with Crippen molar-refractivity contribution in [1.82, 2.24) is 5.32 Å². The Labute approximate surface area is 115 Å². The molecule has 0 aromatic heterocycles. The van der Waals surface area contributed by atoms with E-state index in [0.717, 1.165) is 6.07 Å². The summed E-state index contributed by atoms with van der Waals surface area (Å²) in [6, 6.07) is 8.51. The van der Waals surface area contributed by atoms with Gasteiger partial charge in [0.15, 0.2) is 17.5 Å². The van der Waals surface area contributed by atoms with Gasteiger partial charge in [-0.05, 0) is 30.8 Å². The number of methoxy groups -OCH3 is 1. The van der Waals surface area contributed by atoms with E-state index in [-0.39, 0.29) is 5.56 Å². The first-order chi connectivity index (χ1) is 9.58. The van der Waals surface area contributed by atoms with Gasteiger partial charge in [-0.3, -0.25) is 0 Å². The van der Waals surface area contributed by atoms with Crippen LogP contribution in [0.25, 0.3) is 0 Å². The zero-order valence-corrected chi connectivity index (χ0v) is 11.1. The largest absolute Gasteiger partial charge is 0.497 e. The van der Waals surface area contributed by atoms with Crippen molar-refractivity contribution < 1.29 is 17.9 Å². The van der Waals surface area contributed by atoms with Crippen molar-refractivity contribution in [2.45, 2.75) is 6.04 Å². The first-order valence-corrected chi connectivity index (χ1v) is 6.03. The first-order valence-electron chi connectivity index (χ1n) is 6.03. The summed E-state index contributed by atoms with van der Waals surface area (Å²) < 4.78 is 45.3. The van der Waals surface area contributed by atoms with E-state index in [0.29, 0.717) is 11.3 Å². The summed E-state index contributed by atoms with van der Waals surface area (Å²) in [6.07, 6.45) is 0. The van der Waals surface area contributed by atoms with Crippen molar-refractivity contribution in [3.8, 4) is 5.75 Å². The average molecular weight is 281 g/mol. The molecule has 5 heteroatoms. The van der Waals surface area contributed by atoms with E-state index in [1.807, 2.05) is 0 Å². The third-order valence-corrected chi connectivity index (χ3v) is 3.09. The van der Waals surface area contributed by atoms with Crippen molar-refractivity contribution in [3.63, 3.8) is 0 Å². The minimum Gasteiger partial charge on any atom is -0.497 e. The van der Waals surface area contributed by atoms with Gasteiger partial charge >= 0.3 is 0 Å². The topological polar surface area (TPSA) is 21.3 Å². The lowest BCUT2D eigenvalue weighted by molar-refractivity contribution is 0.413. The van der Waals surface area contributed by atoms with E-state index >= 15 is 0 Å². The SMILES string of the molecule is CNC(c1cccc(OC)c1)c1ccc(F)c(F)c1F. The van der Waals surface area contributed by atoms with Crippen LogP contribution in [0.3, 0.4) is 0 Å². The van der Waals surface area contributed by atoms with Crippen molar-refractivity contribution in [3.05, 3.63) is 65.0 Å². The van der Waals surface area contributed by atoms with Crippen LogP contribution in [0.4, 0.5) is 13.2 Å². The minimum atomic E-state index is -1.47. The molecular formula is C15H14F3NO. The van der Waals surface area contributed by atoms with Gasteiger partial charge in [-0.1, -0.05) is 18.2 Å². The molecule has 2 rings (SSSR count). The molecule has 0 aliphatic rings. The molecule has 0 saturated heterocycles. The Morgan fingerprint density at radius 2 is 1.80 bits per heavy atom. The van der Waals surface area contributed by atoms with Gasteiger partial charge in [0.1, 0.15) is 5.75 Å². The molecule has 1 unspecified atom stereocenters. The number of benzene rings is 2. The number of hydrogen-bond acceptors (Lipinski definition) is 2. The zero-order chi connectivity index (χ0) is 14.7. The smallest absolute Gasteiger partial charge is 0.194 e. The van der Waals surface area contributed by atoms with Gasteiger partial charge in [0.05, 0.1) is 13.2 Å². The summed E-state index contributed by atoms with van der Waals surface area (Å²) in [7, 11) is 3.14. The van der Waals surface area contributed by atoms with Gasteiger partial charge in [0.2, 0.25) is 0 Å². The summed E-state index contributed by atoms with van der Waals surface area (Å²) in [5.41, 5.74) is 0.733. The highest BCUT2D eigenvalue weighted by Crippen LogP contribution is 2.28. The maximum absolute atomic E-state index is 13.9. The molecule has 2 aromatic rings. The van der Waals surface area contributed by atoms with Crippen LogP contribution in [0.5, 0.6) is 5.75 Å². The van der Waals surface area contributed by atoms with Gasteiger partial charge in [-0.25, -0.2) is 13.2 Å². The summed E-state index contributed by atoms with van der Waals surface area (Å²) in [6.45, 7) is 0. The maximum atomic E-state index is 13.9. The lowest BCUT2D eigenvalue weighted by atomic mass is 9.98. The van der Waals surface area contributed by atoms with Crippen LogP contribution in [0, 0.1) is 17.5 Å². The fraction of sp³-hybridized carbons (Fsp3) is 0.200. The second-order valence-corrected chi connectivity index (χ2v) is 4.26.